The molecule has 21 heavy (non-hydrogen) atoms. The Labute approximate surface area is 132 Å². The Kier molecular flexibility index (Phi) is 5.48. The standard InChI is InChI=1S/C14H22ClN3O2S/c1-3-16(2)21(19,20)18-10-6-9-17(11-12-18)14-8-5-4-7-13(14)15/h4-5,7-8H,3,6,9-12H2,1-2H3. The Bertz CT molecular complexity index is 579. The van der Waals surface area contributed by atoms with Crippen LogP contribution in [0.2, 0.25) is 5.02 Å². The zero-order valence-electron chi connectivity index (χ0n) is 12.5. The van der Waals surface area contributed by atoms with Crippen LogP contribution in [0.1, 0.15) is 13.3 Å². The minimum absolute atomic E-state index is 0.479. The molecule has 0 saturated carbocycles. The van der Waals surface area contributed by atoms with Gasteiger partial charge in [-0.15, -0.1) is 0 Å². The van der Waals surface area contributed by atoms with Crippen LogP contribution in [0.15, 0.2) is 24.3 Å². The van der Waals surface area contributed by atoms with Crippen molar-refractivity contribution in [2.45, 2.75) is 13.3 Å². The average Bonchev–Trinajstić information content (AvgIpc) is 2.73. The number of nitrogens with zero attached hydrogens (tertiary/aromatic N) is 3. The highest BCUT2D eigenvalue weighted by molar-refractivity contribution is 7.86. The van der Waals surface area contributed by atoms with Crippen LogP contribution in [0.25, 0.3) is 0 Å². The van der Waals surface area contributed by atoms with Crippen LogP contribution in [-0.2, 0) is 10.2 Å². The molecule has 1 aromatic carbocycles. The molecule has 1 fully saturated rings. The van der Waals surface area contributed by atoms with Gasteiger partial charge in [0, 0.05) is 39.8 Å². The molecular formula is C14H22ClN3O2S. The van der Waals surface area contributed by atoms with Crippen LogP contribution < -0.4 is 4.90 Å². The molecule has 1 saturated heterocycles. The predicted molar refractivity (Wildman–Crippen MR) is 87.1 cm³/mol. The maximum atomic E-state index is 12.4. The summed E-state index contributed by atoms with van der Waals surface area (Å²) in [6.07, 6.45) is 0.794. The Morgan fingerprint density at radius 3 is 2.57 bits per heavy atom. The number of halogens is 1. The number of para-hydroxylation sites is 1. The van der Waals surface area contributed by atoms with Gasteiger partial charge < -0.3 is 4.90 Å². The lowest BCUT2D eigenvalue weighted by molar-refractivity contribution is 0.377. The first-order valence-corrected chi connectivity index (χ1v) is 8.95. The molecule has 0 aromatic heterocycles. The second-order valence-corrected chi connectivity index (χ2v) is 7.56. The summed E-state index contributed by atoms with van der Waals surface area (Å²) in [4.78, 5) is 2.16. The third-order valence-corrected chi connectivity index (χ3v) is 6.20. The van der Waals surface area contributed by atoms with Crippen molar-refractivity contribution in [3.05, 3.63) is 29.3 Å². The molecule has 0 bridgehead atoms. The fourth-order valence-corrected chi connectivity index (χ4v) is 4.08. The second-order valence-electron chi connectivity index (χ2n) is 5.11. The van der Waals surface area contributed by atoms with E-state index < -0.39 is 10.2 Å². The van der Waals surface area contributed by atoms with Crippen molar-refractivity contribution in [2.24, 2.45) is 0 Å². The Morgan fingerprint density at radius 1 is 1.19 bits per heavy atom. The summed E-state index contributed by atoms with van der Waals surface area (Å²) in [6, 6.07) is 7.69. The van der Waals surface area contributed by atoms with Gasteiger partial charge in [0.1, 0.15) is 0 Å². The molecule has 5 nitrogen and oxygen atoms in total. The van der Waals surface area contributed by atoms with Gasteiger partial charge in [-0.05, 0) is 18.6 Å². The fourth-order valence-electron chi connectivity index (χ4n) is 2.43. The highest BCUT2D eigenvalue weighted by Gasteiger charge is 2.28. The zero-order chi connectivity index (χ0) is 15.5. The summed E-state index contributed by atoms with van der Waals surface area (Å²) in [6.45, 7) is 4.82. The first kappa shape index (κ1) is 16.5. The van der Waals surface area contributed by atoms with E-state index >= 15 is 0 Å². The molecule has 0 radical (unpaired) electrons. The summed E-state index contributed by atoms with van der Waals surface area (Å²) in [7, 11) is -1.73. The lowest BCUT2D eigenvalue weighted by Gasteiger charge is -2.26. The molecule has 7 heteroatoms. The van der Waals surface area contributed by atoms with Gasteiger partial charge in [-0.25, -0.2) is 0 Å². The minimum Gasteiger partial charge on any atom is -0.369 e. The number of benzene rings is 1. The van der Waals surface area contributed by atoms with Crippen molar-refractivity contribution in [1.29, 1.82) is 0 Å². The van der Waals surface area contributed by atoms with E-state index in [1.165, 1.54) is 4.31 Å². The molecule has 0 N–H and O–H groups in total. The Hall–Kier alpha value is -0.820. The molecule has 0 unspecified atom stereocenters. The first-order chi connectivity index (χ1) is 9.96. The number of hydrogen-bond donors (Lipinski definition) is 0. The topological polar surface area (TPSA) is 43.9 Å². The number of anilines is 1. The third-order valence-electron chi connectivity index (χ3n) is 3.81. The summed E-state index contributed by atoms with van der Waals surface area (Å²) in [5, 5.41) is 0.708. The quantitative estimate of drug-likeness (QED) is 0.848. The van der Waals surface area contributed by atoms with Crippen LogP contribution in [-0.4, -0.2) is 56.8 Å². The average molecular weight is 332 g/mol. The van der Waals surface area contributed by atoms with Gasteiger partial charge in [-0.1, -0.05) is 30.7 Å². The summed E-state index contributed by atoms with van der Waals surface area (Å²) in [5.41, 5.74) is 0.974. The van der Waals surface area contributed by atoms with E-state index in [0.29, 0.717) is 31.2 Å². The van der Waals surface area contributed by atoms with E-state index in [0.717, 1.165) is 18.7 Å². The Balaban J connectivity index is 2.11. The summed E-state index contributed by atoms with van der Waals surface area (Å²) < 4.78 is 27.7. The first-order valence-electron chi connectivity index (χ1n) is 7.17. The molecular weight excluding hydrogens is 310 g/mol. The predicted octanol–water partition coefficient (Wildman–Crippen LogP) is 2.05. The molecule has 2 rings (SSSR count). The molecule has 0 aliphatic carbocycles. The molecule has 1 aromatic rings. The molecule has 118 valence electrons. The lowest BCUT2D eigenvalue weighted by Crippen LogP contribution is -2.43. The maximum Gasteiger partial charge on any atom is 0.281 e. The molecule has 0 amide bonds. The van der Waals surface area contributed by atoms with Crippen molar-refractivity contribution in [2.75, 3.05) is 44.7 Å². The van der Waals surface area contributed by atoms with Crippen LogP contribution in [0, 0.1) is 0 Å². The van der Waals surface area contributed by atoms with Crippen molar-refractivity contribution in [3.8, 4) is 0 Å². The third kappa shape index (κ3) is 3.69. The molecule has 0 atom stereocenters. The van der Waals surface area contributed by atoms with Crippen LogP contribution in [0.5, 0.6) is 0 Å². The minimum atomic E-state index is -3.34. The van der Waals surface area contributed by atoms with Gasteiger partial charge in [0.2, 0.25) is 0 Å². The molecule has 1 aliphatic rings. The van der Waals surface area contributed by atoms with E-state index in [-0.39, 0.29) is 0 Å². The molecule has 1 heterocycles. The van der Waals surface area contributed by atoms with E-state index in [2.05, 4.69) is 4.90 Å². The lowest BCUT2D eigenvalue weighted by atomic mass is 10.2. The van der Waals surface area contributed by atoms with E-state index in [1.54, 1.807) is 11.4 Å². The second kappa shape index (κ2) is 6.96. The van der Waals surface area contributed by atoms with Crippen LogP contribution in [0.3, 0.4) is 0 Å². The van der Waals surface area contributed by atoms with Crippen LogP contribution >= 0.6 is 11.6 Å². The van der Waals surface area contributed by atoms with Crippen molar-refractivity contribution in [3.63, 3.8) is 0 Å². The van der Waals surface area contributed by atoms with Gasteiger partial charge in [0.25, 0.3) is 10.2 Å². The fraction of sp³-hybridized carbons (Fsp3) is 0.571. The van der Waals surface area contributed by atoms with E-state index in [1.807, 2.05) is 31.2 Å². The van der Waals surface area contributed by atoms with E-state index in [4.69, 9.17) is 11.6 Å². The zero-order valence-corrected chi connectivity index (χ0v) is 14.1. The van der Waals surface area contributed by atoms with Gasteiger partial charge in [0.15, 0.2) is 0 Å². The normalized spacial score (nSPS) is 18.0. The summed E-state index contributed by atoms with van der Waals surface area (Å²) >= 11 is 6.23. The monoisotopic (exact) mass is 331 g/mol. The largest absolute Gasteiger partial charge is 0.369 e. The highest BCUT2D eigenvalue weighted by atomic mass is 35.5. The number of hydrogen-bond acceptors (Lipinski definition) is 3. The summed E-state index contributed by atoms with van der Waals surface area (Å²) in [5.74, 6) is 0. The van der Waals surface area contributed by atoms with Gasteiger partial charge in [-0.3, -0.25) is 0 Å². The van der Waals surface area contributed by atoms with Gasteiger partial charge >= 0.3 is 0 Å². The number of rotatable bonds is 4. The SMILES string of the molecule is CCN(C)S(=O)(=O)N1CCCN(c2ccccc2Cl)CC1. The van der Waals surface area contributed by atoms with Crippen molar-refractivity contribution >= 4 is 27.5 Å². The van der Waals surface area contributed by atoms with Crippen molar-refractivity contribution < 1.29 is 8.42 Å². The Morgan fingerprint density at radius 2 is 1.90 bits per heavy atom. The van der Waals surface area contributed by atoms with Crippen LogP contribution in [0.4, 0.5) is 5.69 Å². The van der Waals surface area contributed by atoms with Crippen molar-refractivity contribution in [1.82, 2.24) is 8.61 Å². The van der Waals surface area contributed by atoms with Gasteiger partial charge in [0.05, 0.1) is 10.7 Å². The highest BCUT2D eigenvalue weighted by Crippen LogP contribution is 2.26. The van der Waals surface area contributed by atoms with Gasteiger partial charge in [-0.2, -0.15) is 17.0 Å². The maximum absolute atomic E-state index is 12.4. The molecule has 0 spiro atoms. The van der Waals surface area contributed by atoms with E-state index in [9.17, 15) is 8.42 Å². The smallest absolute Gasteiger partial charge is 0.281 e. The molecule has 1 aliphatic heterocycles.